The largest absolute Gasteiger partial charge is 0.461 e. The van der Waals surface area contributed by atoms with Gasteiger partial charge in [0.1, 0.15) is 13.2 Å². The molecule has 0 atom stereocenters. The summed E-state index contributed by atoms with van der Waals surface area (Å²) in [5.74, 6) is -0.385. The zero-order chi connectivity index (χ0) is 24.4. The maximum atomic E-state index is 11.9. The van der Waals surface area contributed by atoms with Gasteiger partial charge in [-0.05, 0) is 24.8 Å². The molecule has 0 bridgehead atoms. The van der Waals surface area contributed by atoms with Crippen LogP contribution in [0.2, 0.25) is 0 Å². The quantitative estimate of drug-likeness (QED) is 0.0511. The van der Waals surface area contributed by atoms with Crippen LogP contribution in [0.1, 0.15) is 135 Å². The molecule has 194 valence electrons. The van der Waals surface area contributed by atoms with E-state index in [9.17, 15) is 9.59 Å². The molecule has 0 saturated heterocycles. The molecule has 4 nitrogen and oxygen atoms in total. The van der Waals surface area contributed by atoms with E-state index < -0.39 is 0 Å². The first-order valence-electron chi connectivity index (χ1n) is 13.6. The van der Waals surface area contributed by atoms with Crippen LogP contribution in [0.3, 0.4) is 0 Å². The van der Waals surface area contributed by atoms with Crippen LogP contribution in [0.5, 0.6) is 0 Å². The first-order chi connectivity index (χ1) is 16.1. The van der Waals surface area contributed by atoms with Crippen molar-refractivity contribution in [2.75, 3.05) is 18.5 Å². The van der Waals surface area contributed by atoms with Crippen LogP contribution in [-0.2, 0) is 19.1 Å². The monoisotopic (exact) mass is 530 g/mol. The molecule has 0 aromatic rings. The highest BCUT2D eigenvalue weighted by molar-refractivity contribution is 9.09. The van der Waals surface area contributed by atoms with Crippen molar-refractivity contribution in [2.24, 2.45) is 0 Å². The second-order valence-corrected chi connectivity index (χ2v) is 10.1. The average Bonchev–Trinajstić information content (AvgIpc) is 2.81. The highest BCUT2D eigenvalue weighted by Gasteiger charge is 2.07. The van der Waals surface area contributed by atoms with Gasteiger partial charge in [0.15, 0.2) is 0 Å². The van der Waals surface area contributed by atoms with Crippen LogP contribution in [0, 0.1) is 0 Å². The molecule has 0 radical (unpaired) electrons. The zero-order valence-electron chi connectivity index (χ0n) is 21.5. The van der Waals surface area contributed by atoms with Gasteiger partial charge in [0.25, 0.3) is 0 Å². The normalized spacial score (nSPS) is 10.8. The van der Waals surface area contributed by atoms with Gasteiger partial charge in [0, 0.05) is 18.2 Å². The molecular formula is C28H51BrO4. The van der Waals surface area contributed by atoms with Crippen LogP contribution >= 0.6 is 15.9 Å². The van der Waals surface area contributed by atoms with E-state index in [1.165, 1.54) is 83.5 Å². The Morgan fingerprint density at radius 2 is 0.909 bits per heavy atom. The van der Waals surface area contributed by atoms with Crippen molar-refractivity contribution in [1.29, 1.82) is 0 Å². The number of ether oxygens (including phenoxy) is 2. The molecule has 0 aromatic heterocycles. The van der Waals surface area contributed by atoms with E-state index in [0.29, 0.717) is 18.4 Å². The summed E-state index contributed by atoms with van der Waals surface area (Å²) in [6.45, 7) is 6.37. The third-order valence-corrected chi connectivity index (χ3v) is 6.43. The third-order valence-electron chi connectivity index (χ3n) is 5.87. The molecule has 33 heavy (non-hydrogen) atoms. The number of esters is 2. The second-order valence-electron chi connectivity index (χ2n) is 9.27. The minimum Gasteiger partial charge on any atom is -0.461 e. The van der Waals surface area contributed by atoms with E-state index in [4.69, 9.17) is 9.47 Å². The smallest absolute Gasteiger partial charge is 0.306 e. The second kappa shape index (κ2) is 25.8. The van der Waals surface area contributed by atoms with Gasteiger partial charge >= 0.3 is 11.9 Å². The topological polar surface area (TPSA) is 52.6 Å². The molecule has 0 amide bonds. The fraction of sp³-hybridized carbons (Fsp3) is 0.857. The minimum atomic E-state index is -0.199. The maximum absolute atomic E-state index is 11.9. The van der Waals surface area contributed by atoms with Gasteiger partial charge in [0.05, 0.1) is 0 Å². The summed E-state index contributed by atoms with van der Waals surface area (Å²) in [5, 5.41) is 1.04. The van der Waals surface area contributed by atoms with Crippen molar-refractivity contribution in [3.8, 4) is 0 Å². The lowest BCUT2D eigenvalue weighted by molar-refractivity contribution is -0.144. The van der Waals surface area contributed by atoms with E-state index in [1.54, 1.807) is 0 Å². The Labute approximate surface area is 212 Å². The Morgan fingerprint density at radius 3 is 1.27 bits per heavy atom. The predicted octanol–water partition coefficient (Wildman–Crippen LogP) is 8.85. The summed E-state index contributed by atoms with van der Waals surface area (Å²) < 4.78 is 10.5. The minimum absolute atomic E-state index is 0.133. The number of carbonyl (C=O) groups is 2. The molecule has 0 aliphatic carbocycles. The number of alkyl halides is 1. The lowest BCUT2D eigenvalue weighted by Gasteiger charge is -2.09. The van der Waals surface area contributed by atoms with Gasteiger partial charge < -0.3 is 9.47 Å². The summed E-state index contributed by atoms with van der Waals surface area (Å²) in [6.07, 6.45) is 23.1. The van der Waals surface area contributed by atoms with Crippen molar-refractivity contribution >= 4 is 27.9 Å². The van der Waals surface area contributed by atoms with E-state index in [-0.39, 0.29) is 25.2 Å². The highest BCUT2D eigenvalue weighted by atomic mass is 79.9. The van der Waals surface area contributed by atoms with Crippen molar-refractivity contribution in [1.82, 2.24) is 0 Å². The number of hydrogen-bond donors (Lipinski definition) is 0. The van der Waals surface area contributed by atoms with Gasteiger partial charge in [-0.3, -0.25) is 9.59 Å². The van der Waals surface area contributed by atoms with Gasteiger partial charge in [0.2, 0.25) is 0 Å². The Balaban J connectivity index is 3.42. The van der Waals surface area contributed by atoms with Gasteiger partial charge in [-0.1, -0.05) is 126 Å². The SMILES string of the molecule is C=C(COC(=O)CCCCCCCBr)COC(=O)CCCCCCCCCCCCCCC. The number of halogens is 1. The molecular weight excluding hydrogens is 480 g/mol. The summed E-state index contributed by atoms with van der Waals surface area (Å²) >= 11 is 3.42. The Kier molecular flexibility index (Phi) is 25.1. The maximum Gasteiger partial charge on any atom is 0.306 e. The van der Waals surface area contributed by atoms with E-state index in [1.807, 2.05) is 0 Å². The third kappa shape index (κ3) is 25.6. The van der Waals surface area contributed by atoms with Gasteiger partial charge in [-0.2, -0.15) is 0 Å². The standard InChI is InChI=1S/C28H51BrO4/c1-3-4-5-6-7-8-9-10-11-12-13-15-18-21-27(30)32-24-26(2)25-33-28(31)22-19-16-14-17-20-23-29/h2-25H2,1H3. The van der Waals surface area contributed by atoms with Crippen LogP contribution in [0.25, 0.3) is 0 Å². The van der Waals surface area contributed by atoms with Crippen molar-refractivity contribution in [3.05, 3.63) is 12.2 Å². The van der Waals surface area contributed by atoms with Gasteiger partial charge in [-0.15, -0.1) is 0 Å². The number of hydrogen-bond acceptors (Lipinski definition) is 4. The van der Waals surface area contributed by atoms with E-state index in [0.717, 1.165) is 37.4 Å². The first kappa shape index (κ1) is 32.2. The lowest BCUT2D eigenvalue weighted by Crippen LogP contribution is -2.12. The molecule has 0 unspecified atom stereocenters. The molecule has 0 heterocycles. The molecule has 5 heteroatoms. The highest BCUT2D eigenvalue weighted by Crippen LogP contribution is 2.13. The molecule has 0 rings (SSSR count). The summed E-state index contributed by atoms with van der Waals surface area (Å²) in [6, 6.07) is 0. The molecule has 0 N–H and O–H groups in total. The van der Waals surface area contributed by atoms with E-state index >= 15 is 0 Å². The van der Waals surface area contributed by atoms with Crippen molar-refractivity contribution < 1.29 is 19.1 Å². The summed E-state index contributed by atoms with van der Waals surface area (Å²) in [5.41, 5.74) is 0.624. The Hall–Kier alpha value is -0.840. The Morgan fingerprint density at radius 1 is 0.576 bits per heavy atom. The molecule has 0 aliphatic heterocycles. The summed E-state index contributed by atoms with van der Waals surface area (Å²) in [7, 11) is 0. The fourth-order valence-corrected chi connectivity index (χ4v) is 4.13. The van der Waals surface area contributed by atoms with Crippen LogP contribution in [-0.4, -0.2) is 30.5 Å². The van der Waals surface area contributed by atoms with Crippen LogP contribution in [0.15, 0.2) is 12.2 Å². The number of carbonyl (C=O) groups excluding carboxylic acids is 2. The van der Waals surface area contributed by atoms with Crippen LogP contribution < -0.4 is 0 Å². The Bertz CT molecular complexity index is 479. The molecule has 0 spiro atoms. The predicted molar refractivity (Wildman–Crippen MR) is 143 cm³/mol. The lowest BCUT2D eigenvalue weighted by atomic mass is 10.0. The molecule has 0 fully saturated rings. The number of unbranched alkanes of at least 4 members (excludes halogenated alkanes) is 16. The average molecular weight is 532 g/mol. The first-order valence-corrected chi connectivity index (χ1v) is 14.8. The molecule has 0 saturated carbocycles. The summed E-state index contributed by atoms with van der Waals surface area (Å²) in [4.78, 5) is 23.6. The van der Waals surface area contributed by atoms with Gasteiger partial charge in [-0.25, -0.2) is 0 Å². The number of rotatable bonds is 25. The zero-order valence-corrected chi connectivity index (χ0v) is 23.1. The van der Waals surface area contributed by atoms with Crippen molar-refractivity contribution in [3.63, 3.8) is 0 Å². The van der Waals surface area contributed by atoms with Crippen molar-refractivity contribution in [2.45, 2.75) is 135 Å². The fourth-order valence-electron chi connectivity index (χ4n) is 3.73. The van der Waals surface area contributed by atoms with Crippen LogP contribution in [0.4, 0.5) is 0 Å². The molecule has 0 aromatic carbocycles. The molecule has 0 aliphatic rings. The van der Waals surface area contributed by atoms with E-state index in [2.05, 4.69) is 29.4 Å².